The Morgan fingerprint density at radius 1 is 1.39 bits per heavy atom. The molecule has 0 radical (unpaired) electrons. The van der Waals surface area contributed by atoms with Gasteiger partial charge in [0, 0.05) is 22.8 Å². The van der Waals surface area contributed by atoms with Gasteiger partial charge < -0.3 is 16.4 Å². The summed E-state index contributed by atoms with van der Waals surface area (Å²) >= 11 is 5.83. The third-order valence-electron chi connectivity index (χ3n) is 3.09. The lowest BCUT2D eigenvalue weighted by atomic mass is 9.94. The standard InChI is InChI=1S/C13H20ClN3O/c1-3-13(15,4-2)9-16-12(18)17-11-7-5-6-10(14)8-11/h5-8H,3-4,9,15H2,1-2H3,(H2,16,17,18). The first kappa shape index (κ1) is 14.8. The monoisotopic (exact) mass is 269 g/mol. The van der Waals surface area contributed by atoms with Crippen molar-refractivity contribution in [3.8, 4) is 0 Å². The predicted molar refractivity (Wildman–Crippen MR) is 76.0 cm³/mol. The van der Waals surface area contributed by atoms with E-state index in [0.29, 0.717) is 17.3 Å². The molecule has 4 nitrogen and oxygen atoms in total. The van der Waals surface area contributed by atoms with Gasteiger partial charge >= 0.3 is 6.03 Å². The van der Waals surface area contributed by atoms with Crippen LogP contribution in [-0.4, -0.2) is 18.1 Å². The predicted octanol–water partition coefficient (Wildman–Crippen LogP) is 2.98. The van der Waals surface area contributed by atoms with E-state index in [-0.39, 0.29) is 11.6 Å². The van der Waals surface area contributed by atoms with Crippen molar-refractivity contribution in [2.24, 2.45) is 5.73 Å². The summed E-state index contributed by atoms with van der Waals surface area (Å²) in [7, 11) is 0. The van der Waals surface area contributed by atoms with Crippen molar-refractivity contribution in [3.63, 3.8) is 0 Å². The number of nitrogens with two attached hydrogens (primary N) is 1. The first-order valence-corrected chi connectivity index (χ1v) is 6.46. The lowest BCUT2D eigenvalue weighted by molar-refractivity contribution is 0.247. The van der Waals surface area contributed by atoms with E-state index in [1.807, 2.05) is 13.8 Å². The first-order valence-electron chi connectivity index (χ1n) is 6.08. The van der Waals surface area contributed by atoms with Crippen molar-refractivity contribution in [2.75, 3.05) is 11.9 Å². The van der Waals surface area contributed by atoms with Gasteiger partial charge in [-0.3, -0.25) is 0 Å². The summed E-state index contributed by atoms with van der Waals surface area (Å²) < 4.78 is 0. The van der Waals surface area contributed by atoms with Gasteiger partial charge in [-0.1, -0.05) is 31.5 Å². The molecule has 0 saturated heterocycles. The molecule has 0 aliphatic rings. The summed E-state index contributed by atoms with van der Waals surface area (Å²) in [6, 6.07) is 6.73. The molecule has 100 valence electrons. The molecule has 0 saturated carbocycles. The molecule has 2 amide bonds. The van der Waals surface area contributed by atoms with Gasteiger partial charge in [0.25, 0.3) is 0 Å². The van der Waals surface area contributed by atoms with Gasteiger partial charge in [0.05, 0.1) is 0 Å². The topological polar surface area (TPSA) is 67.1 Å². The lowest BCUT2D eigenvalue weighted by Crippen LogP contribution is -2.50. The highest BCUT2D eigenvalue weighted by atomic mass is 35.5. The molecule has 1 rings (SSSR count). The number of urea groups is 1. The Hall–Kier alpha value is -1.26. The molecule has 0 spiro atoms. The fourth-order valence-corrected chi connectivity index (χ4v) is 1.69. The Bertz CT molecular complexity index is 405. The van der Waals surface area contributed by atoms with Gasteiger partial charge in [-0.2, -0.15) is 0 Å². The van der Waals surface area contributed by atoms with Gasteiger partial charge in [-0.25, -0.2) is 4.79 Å². The normalized spacial score (nSPS) is 11.1. The van der Waals surface area contributed by atoms with Crippen LogP contribution in [0.2, 0.25) is 5.02 Å². The zero-order chi connectivity index (χ0) is 13.6. The smallest absolute Gasteiger partial charge is 0.319 e. The van der Waals surface area contributed by atoms with Crippen LogP contribution in [0.4, 0.5) is 10.5 Å². The summed E-state index contributed by atoms with van der Waals surface area (Å²) in [6.45, 7) is 4.48. The number of carbonyl (C=O) groups excluding carboxylic acids is 1. The summed E-state index contributed by atoms with van der Waals surface area (Å²) in [4.78, 5) is 11.7. The van der Waals surface area contributed by atoms with Crippen LogP contribution in [0.1, 0.15) is 26.7 Å². The van der Waals surface area contributed by atoms with E-state index in [9.17, 15) is 4.79 Å². The number of halogens is 1. The zero-order valence-corrected chi connectivity index (χ0v) is 11.6. The van der Waals surface area contributed by atoms with Crippen molar-refractivity contribution in [1.29, 1.82) is 0 Å². The fourth-order valence-electron chi connectivity index (χ4n) is 1.50. The molecular weight excluding hydrogens is 250 g/mol. The van der Waals surface area contributed by atoms with Crippen molar-refractivity contribution < 1.29 is 4.79 Å². The van der Waals surface area contributed by atoms with E-state index >= 15 is 0 Å². The number of hydrogen-bond donors (Lipinski definition) is 3. The number of nitrogens with one attached hydrogen (secondary N) is 2. The molecule has 4 N–H and O–H groups in total. The van der Waals surface area contributed by atoms with Crippen LogP contribution in [0.15, 0.2) is 24.3 Å². The van der Waals surface area contributed by atoms with Crippen LogP contribution in [0.5, 0.6) is 0 Å². The van der Waals surface area contributed by atoms with Gasteiger partial charge in [-0.05, 0) is 31.0 Å². The maximum absolute atomic E-state index is 11.7. The quantitative estimate of drug-likeness (QED) is 0.769. The summed E-state index contributed by atoms with van der Waals surface area (Å²) in [6.07, 6.45) is 1.64. The Morgan fingerprint density at radius 3 is 2.61 bits per heavy atom. The number of carbonyl (C=O) groups is 1. The number of rotatable bonds is 5. The van der Waals surface area contributed by atoms with Crippen LogP contribution >= 0.6 is 11.6 Å². The van der Waals surface area contributed by atoms with Crippen molar-refractivity contribution in [1.82, 2.24) is 5.32 Å². The first-order chi connectivity index (χ1) is 8.49. The molecule has 1 aromatic carbocycles. The van der Waals surface area contributed by atoms with Gasteiger partial charge in [0.2, 0.25) is 0 Å². The average molecular weight is 270 g/mol. The molecule has 0 unspecified atom stereocenters. The van der Waals surface area contributed by atoms with Crippen LogP contribution in [0, 0.1) is 0 Å². The van der Waals surface area contributed by atoms with Crippen molar-refractivity contribution >= 4 is 23.3 Å². The summed E-state index contributed by atoms with van der Waals surface area (Å²) in [5, 5.41) is 6.07. The molecule has 5 heteroatoms. The maximum Gasteiger partial charge on any atom is 0.319 e. The molecular formula is C13H20ClN3O. The lowest BCUT2D eigenvalue weighted by Gasteiger charge is -2.26. The highest BCUT2D eigenvalue weighted by Crippen LogP contribution is 2.15. The zero-order valence-electron chi connectivity index (χ0n) is 10.8. The number of benzene rings is 1. The van der Waals surface area contributed by atoms with E-state index in [1.165, 1.54) is 0 Å². The second-order valence-corrected chi connectivity index (χ2v) is 4.82. The SMILES string of the molecule is CCC(N)(CC)CNC(=O)Nc1cccc(Cl)c1. The van der Waals surface area contributed by atoms with Crippen LogP contribution < -0.4 is 16.4 Å². The summed E-state index contributed by atoms with van der Waals surface area (Å²) in [5.74, 6) is 0. The third-order valence-corrected chi connectivity index (χ3v) is 3.33. The molecule has 0 aromatic heterocycles. The Balaban J connectivity index is 2.47. The van der Waals surface area contributed by atoms with Crippen LogP contribution in [-0.2, 0) is 0 Å². The number of anilines is 1. The second-order valence-electron chi connectivity index (χ2n) is 4.39. The second kappa shape index (κ2) is 6.61. The minimum Gasteiger partial charge on any atom is -0.336 e. The molecule has 0 aliphatic carbocycles. The average Bonchev–Trinajstić information content (AvgIpc) is 2.36. The minimum atomic E-state index is -0.342. The Labute approximate surface area is 113 Å². The third kappa shape index (κ3) is 4.55. The van der Waals surface area contributed by atoms with E-state index in [1.54, 1.807) is 24.3 Å². The molecule has 0 bridgehead atoms. The summed E-state index contributed by atoms with van der Waals surface area (Å²) in [5.41, 5.74) is 6.42. The minimum absolute atomic E-state index is 0.269. The van der Waals surface area contributed by atoms with E-state index in [2.05, 4.69) is 10.6 Å². The van der Waals surface area contributed by atoms with Crippen molar-refractivity contribution in [2.45, 2.75) is 32.2 Å². The van der Waals surface area contributed by atoms with Gasteiger partial charge in [0.1, 0.15) is 0 Å². The molecule has 0 aliphatic heterocycles. The fraction of sp³-hybridized carbons (Fsp3) is 0.462. The van der Waals surface area contributed by atoms with E-state index in [4.69, 9.17) is 17.3 Å². The largest absolute Gasteiger partial charge is 0.336 e. The Kier molecular flexibility index (Phi) is 5.44. The van der Waals surface area contributed by atoms with Gasteiger partial charge in [-0.15, -0.1) is 0 Å². The molecule has 18 heavy (non-hydrogen) atoms. The number of amides is 2. The highest BCUT2D eigenvalue weighted by molar-refractivity contribution is 6.30. The van der Waals surface area contributed by atoms with Crippen molar-refractivity contribution in [3.05, 3.63) is 29.3 Å². The van der Waals surface area contributed by atoms with Crippen LogP contribution in [0.3, 0.4) is 0 Å². The maximum atomic E-state index is 11.7. The molecule has 0 fully saturated rings. The number of hydrogen-bond acceptors (Lipinski definition) is 2. The van der Waals surface area contributed by atoms with Crippen LogP contribution in [0.25, 0.3) is 0 Å². The molecule has 0 heterocycles. The van der Waals surface area contributed by atoms with E-state index < -0.39 is 0 Å². The Morgan fingerprint density at radius 2 is 2.06 bits per heavy atom. The molecule has 1 aromatic rings. The highest BCUT2D eigenvalue weighted by Gasteiger charge is 2.20. The van der Waals surface area contributed by atoms with E-state index in [0.717, 1.165) is 12.8 Å². The molecule has 0 atom stereocenters. The van der Waals surface area contributed by atoms with Gasteiger partial charge in [0.15, 0.2) is 0 Å².